The number of rotatable bonds is 15. The van der Waals surface area contributed by atoms with E-state index in [1.165, 1.54) is 18.7 Å². The van der Waals surface area contributed by atoms with Crippen molar-refractivity contribution in [3.05, 3.63) is 60.5 Å². The number of nitrogens with one attached hydrogen (secondary N) is 1. The van der Waals surface area contributed by atoms with Gasteiger partial charge in [-0.25, -0.2) is 19.2 Å². The summed E-state index contributed by atoms with van der Waals surface area (Å²) < 4.78 is 33.2. The van der Waals surface area contributed by atoms with Gasteiger partial charge in [0.15, 0.2) is 12.2 Å². The maximum absolute atomic E-state index is 14.9. The van der Waals surface area contributed by atoms with Gasteiger partial charge in [-0.2, -0.15) is 0 Å². The van der Waals surface area contributed by atoms with E-state index >= 15 is 0 Å². The molecule has 0 aliphatic heterocycles. The van der Waals surface area contributed by atoms with Crippen molar-refractivity contribution in [2.75, 3.05) is 6.61 Å². The number of nitrogens with zero attached hydrogens (tertiary/aromatic N) is 3. The highest BCUT2D eigenvalue weighted by Gasteiger charge is 2.26. The Morgan fingerprint density at radius 2 is 1.88 bits per heavy atom. The molecule has 0 aliphatic carbocycles. The smallest absolute Gasteiger partial charge is 0.408 e. The average molecular weight is 587 g/mol. The highest BCUT2D eigenvalue weighted by Crippen LogP contribution is 2.29. The first-order chi connectivity index (χ1) is 19.3. The van der Waals surface area contributed by atoms with Crippen molar-refractivity contribution >= 4 is 20.0 Å². The lowest BCUT2D eigenvalue weighted by atomic mass is 10.0. The van der Waals surface area contributed by atoms with Crippen LogP contribution in [0.4, 0.5) is 9.18 Å². The molecule has 9 nitrogen and oxygen atoms in total. The minimum atomic E-state index is -1.31. The lowest BCUT2D eigenvalue weighted by Crippen LogP contribution is -2.36. The van der Waals surface area contributed by atoms with Crippen LogP contribution in [0.3, 0.4) is 0 Å². The van der Waals surface area contributed by atoms with Crippen LogP contribution in [-0.2, 0) is 16.2 Å². The first-order valence-corrected chi connectivity index (χ1v) is 17.8. The Labute approximate surface area is 242 Å². The minimum absolute atomic E-state index is 0.0669. The number of hydrogen-bond acceptors (Lipinski definition) is 7. The van der Waals surface area contributed by atoms with Crippen LogP contribution in [-0.4, -0.2) is 46.7 Å². The van der Waals surface area contributed by atoms with E-state index in [9.17, 15) is 14.0 Å². The van der Waals surface area contributed by atoms with Crippen molar-refractivity contribution in [2.24, 2.45) is 0 Å². The second-order valence-corrected chi connectivity index (χ2v) is 18.0. The van der Waals surface area contributed by atoms with Crippen LogP contribution in [0, 0.1) is 5.82 Å². The molecule has 0 saturated heterocycles. The Hall–Kier alpha value is -3.31. The molecule has 0 radical (unpaired) electrons. The van der Waals surface area contributed by atoms with Crippen LogP contribution in [0.1, 0.15) is 75.2 Å². The molecule has 0 aliphatic rings. The second kappa shape index (κ2) is 14.5. The van der Waals surface area contributed by atoms with Crippen molar-refractivity contribution in [1.29, 1.82) is 0 Å². The molecule has 2 aromatic heterocycles. The molecule has 3 rings (SSSR count). The second-order valence-electron chi connectivity index (χ2n) is 12.4. The fourth-order valence-corrected chi connectivity index (χ4v) is 4.98. The zero-order chi connectivity index (χ0) is 30.0. The zero-order valence-corrected chi connectivity index (χ0v) is 26.0. The number of oxazole rings is 1. The molecule has 41 heavy (non-hydrogen) atoms. The Bertz CT molecular complexity index is 1260. The predicted octanol–water partition coefficient (Wildman–Crippen LogP) is 7.39. The van der Waals surface area contributed by atoms with Crippen molar-refractivity contribution in [1.82, 2.24) is 19.9 Å². The van der Waals surface area contributed by atoms with Gasteiger partial charge in [0, 0.05) is 26.7 Å². The molecule has 0 saturated carbocycles. The molecule has 1 atom stereocenters. The van der Waals surface area contributed by atoms with Crippen molar-refractivity contribution in [2.45, 2.75) is 96.9 Å². The number of Topliss-reactive ketones (excluding diaryl/α,β-unsaturated/α-hetero) is 1. The number of ketones is 1. The van der Waals surface area contributed by atoms with Crippen LogP contribution in [0.25, 0.3) is 11.3 Å². The number of alkyl carbamates (subject to hydrolysis) is 1. The van der Waals surface area contributed by atoms with E-state index in [2.05, 4.69) is 34.9 Å². The molecule has 0 fully saturated rings. The van der Waals surface area contributed by atoms with Gasteiger partial charge < -0.3 is 23.8 Å². The number of carbonyl (C=O) groups excluding carboxylic acids is 2. The molecule has 0 spiro atoms. The van der Waals surface area contributed by atoms with Gasteiger partial charge in [-0.1, -0.05) is 44.6 Å². The van der Waals surface area contributed by atoms with Gasteiger partial charge in [-0.15, -0.1) is 0 Å². The van der Waals surface area contributed by atoms with Crippen LogP contribution >= 0.6 is 0 Å². The quantitative estimate of drug-likeness (QED) is 0.112. The normalized spacial score (nSPS) is 12.8. The van der Waals surface area contributed by atoms with E-state index in [1.54, 1.807) is 45.2 Å². The van der Waals surface area contributed by atoms with Crippen LogP contribution in [0.5, 0.6) is 0 Å². The number of halogens is 1. The standard InChI is InChI=1S/C30H43FN4O5Si/c1-30(2,3)40-29(37)34-24(14-8-7-9-15-27(36)25-19-39-20-33-25)28-32-18-26(22-12-10-11-13-23(22)31)35(28)21-38-16-17-41(4,5)6/h10-13,18-20,24H,7-9,14-17,21H2,1-6H3,(H,34,37)/t24-/m0/s1. The number of unbranched alkanes of at least 4 members (excludes halogenated alkanes) is 2. The van der Waals surface area contributed by atoms with Crippen LogP contribution < -0.4 is 5.32 Å². The Morgan fingerprint density at radius 3 is 2.54 bits per heavy atom. The third-order valence-electron chi connectivity index (χ3n) is 6.37. The highest BCUT2D eigenvalue weighted by atomic mass is 28.3. The number of ether oxygens (including phenoxy) is 2. The molecule has 3 aromatic rings. The van der Waals surface area contributed by atoms with E-state index in [0.29, 0.717) is 55.1 Å². The Kier molecular flexibility index (Phi) is 11.4. The molecule has 2 heterocycles. The van der Waals surface area contributed by atoms with Gasteiger partial charge in [0.2, 0.25) is 0 Å². The van der Waals surface area contributed by atoms with Gasteiger partial charge in [-0.3, -0.25) is 4.79 Å². The fourth-order valence-electron chi connectivity index (χ4n) is 4.23. The summed E-state index contributed by atoms with van der Waals surface area (Å²) in [6, 6.07) is 7.01. The van der Waals surface area contributed by atoms with E-state index in [-0.39, 0.29) is 18.3 Å². The number of hydrogen-bond donors (Lipinski definition) is 1. The summed E-state index contributed by atoms with van der Waals surface area (Å²) in [7, 11) is -1.31. The Balaban J connectivity index is 1.80. The predicted molar refractivity (Wildman–Crippen MR) is 158 cm³/mol. The lowest BCUT2D eigenvalue weighted by molar-refractivity contribution is 0.0488. The van der Waals surface area contributed by atoms with Gasteiger partial charge in [-0.05, 0) is 51.8 Å². The largest absolute Gasteiger partial charge is 0.451 e. The summed E-state index contributed by atoms with van der Waals surface area (Å²) in [5.41, 5.74) is 0.623. The molecule has 0 unspecified atom stereocenters. The summed E-state index contributed by atoms with van der Waals surface area (Å²) in [6.45, 7) is 13.0. The molecule has 0 bridgehead atoms. The number of benzene rings is 1. The number of imidazole rings is 1. The van der Waals surface area contributed by atoms with Crippen molar-refractivity contribution in [3.63, 3.8) is 0 Å². The summed E-state index contributed by atoms with van der Waals surface area (Å²) in [6.07, 6.45) is 6.68. The summed E-state index contributed by atoms with van der Waals surface area (Å²) in [4.78, 5) is 33.7. The average Bonchev–Trinajstić information content (AvgIpc) is 3.55. The SMILES string of the molecule is CC(C)(C)OC(=O)N[C@@H](CCCCCC(=O)c1cocn1)c1ncc(-c2ccccc2F)n1COCC[Si](C)(C)C. The third kappa shape index (κ3) is 10.5. The van der Waals surface area contributed by atoms with Gasteiger partial charge in [0.25, 0.3) is 0 Å². The molecular formula is C30H43FN4O5Si. The number of amides is 1. The van der Waals surface area contributed by atoms with E-state index in [4.69, 9.17) is 13.9 Å². The van der Waals surface area contributed by atoms with Crippen molar-refractivity contribution < 1.29 is 27.9 Å². The first kappa shape index (κ1) is 32.2. The monoisotopic (exact) mass is 586 g/mol. The van der Waals surface area contributed by atoms with Crippen LogP contribution in [0.2, 0.25) is 25.7 Å². The fraction of sp³-hybridized carbons (Fsp3) is 0.533. The zero-order valence-electron chi connectivity index (χ0n) is 25.0. The van der Waals surface area contributed by atoms with Crippen molar-refractivity contribution in [3.8, 4) is 11.3 Å². The maximum atomic E-state index is 14.9. The number of carbonyl (C=O) groups is 2. The summed E-state index contributed by atoms with van der Waals surface area (Å²) >= 11 is 0. The van der Waals surface area contributed by atoms with Gasteiger partial charge >= 0.3 is 6.09 Å². The summed E-state index contributed by atoms with van der Waals surface area (Å²) in [5, 5.41) is 2.97. The molecule has 1 amide bonds. The molecule has 1 N–H and O–H groups in total. The number of aromatic nitrogens is 3. The topological polar surface area (TPSA) is 108 Å². The van der Waals surface area contributed by atoms with Gasteiger partial charge in [0.1, 0.15) is 35.9 Å². The van der Waals surface area contributed by atoms with E-state index < -0.39 is 25.8 Å². The first-order valence-electron chi connectivity index (χ1n) is 14.1. The van der Waals surface area contributed by atoms with Gasteiger partial charge in [0.05, 0.1) is 17.9 Å². The van der Waals surface area contributed by atoms with Crippen LogP contribution in [0.15, 0.2) is 47.5 Å². The Morgan fingerprint density at radius 1 is 1.12 bits per heavy atom. The minimum Gasteiger partial charge on any atom is -0.451 e. The molecular weight excluding hydrogens is 543 g/mol. The third-order valence-corrected chi connectivity index (χ3v) is 8.07. The van der Waals surface area contributed by atoms with E-state index in [0.717, 1.165) is 12.5 Å². The molecule has 11 heteroatoms. The lowest BCUT2D eigenvalue weighted by Gasteiger charge is -2.25. The maximum Gasteiger partial charge on any atom is 0.408 e. The highest BCUT2D eigenvalue weighted by molar-refractivity contribution is 6.76. The molecule has 1 aromatic carbocycles. The summed E-state index contributed by atoms with van der Waals surface area (Å²) in [5.74, 6) is 0.124. The molecule has 224 valence electrons. The van der Waals surface area contributed by atoms with E-state index in [1.807, 2.05) is 4.57 Å².